The van der Waals surface area contributed by atoms with Crippen molar-refractivity contribution in [3.63, 3.8) is 0 Å². The molecule has 0 aromatic carbocycles. The molecule has 3 N–H and O–H groups in total. The van der Waals surface area contributed by atoms with Crippen molar-refractivity contribution in [2.45, 2.75) is 13.8 Å². The SMILES string of the molecule is Cc1nc(NNC(=O)O)sc1C. The maximum Gasteiger partial charge on any atom is 0.423 e. The minimum atomic E-state index is -1.12. The third-order valence-corrected chi connectivity index (χ3v) is 2.29. The Morgan fingerprint density at radius 1 is 1.58 bits per heavy atom. The summed E-state index contributed by atoms with van der Waals surface area (Å²) in [6.07, 6.45) is -1.12. The van der Waals surface area contributed by atoms with Crippen LogP contribution >= 0.6 is 11.3 Å². The van der Waals surface area contributed by atoms with Gasteiger partial charge in [0.1, 0.15) is 0 Å². The van der Waals surface area contributed by atoms with E-state index in [1.165, 1.54) is 11.3 Å². The molecule has 0 aliphatic rings. The molecule has 0 unspecified atom stereocenters. The average molecular weight is 187 g/mol. The quantitative estimate of drug-likeness (QED) is 0.611. The van der Waals surface area contributed by atoms with Gasteiger partial charge in [0.25, 0.3) is 0 Å². The van der Waals surface area contributed by atoms with Crippen molar-refractivity contribution in [3.8, 4) is 0 Å². The number of carboxylic acid groups (broad SMARTS) is 1. The summed E-state index contributed by atoms with van der Waals surface area (Å²) in [5.74, 6) is 0. The van der Waals surface area contributed by atoms with Crippen LogP contribution in [-0.2, 0) is 0 Å². The fraction of sp³-hybridized carbons (Fsp3) is 0.333. The highest BCUT2D eigenvalue weighted by molar-refractivity contribution is 7.15. The molecule has 5 nitrogen and oxygen atoms in total. The minimum absolute atomic E-state index is 0.562. The highest BCUT2D eigenvalue weighted by Gasteiger charge is 2.02. The molecule has 0 spiro atoms. The number of hydrogen-bond donors (Lipinski definition) is 3. The molecule has 6 heteroatoms. The number of thiazole rings is 1. The molecule has 66 valence electrons. The largest absolute Gasteiger partial charge is 0.464 e. The van der Waals surface area contributed by atoms with E-state index >= 15 is 0 Å². The molecule has 1 heterocycles. The Labute approximate surface area is 73.4 Å². The Kier molecular flexibility index (Phi) is 2.49. The van der Waals surface area contributed by atoms with Crippen LogP contribution < -0.4 is 10.9 Å². The van der Waals surface area contributed by atoms with Gasteiger partial charge in [-0.15, -0.1) is 11.3 Å². The van der Waals surface area contributed by atoms with Crippen LogP contribution in [0.5, 0.6) is 0 Å². The van der Waals surface area contributed by atoms with Gasteiger partial charge in [-0.3, -0.25) is 5.43 Å². The zero-order valence-electron chi connectivity index (χ0n) is 6.71. The molecule has 12 heavy (non-hydrogen) atoms. The lowest BCUT2D eigenvalue weighted by atomic mass is 10.4. The van der Waals surface area contributed by atoms with Gasteiger partial charge in [0.05, 0.1) is 5.69 Å². The number of amides is 1. The van der Waals surface area contributed by atoms with Crippen LogP contribution in [-0.4, -0.2) is 16.2 Å². The fourth-order valence-electron chi connectivity index (χ4n) is 0.633. The summed E-state index contributed by atoms with van der Waals surface area (Å²) in [6.45, 7) is 3.80. The Bertz CT molecular complexity index is 277. The predicted molar refractivity (Wildman–Crippen MR) is 46.4 cm³/mol. The summed E-state index contributed by atoms with van der Waals surface area (Å²) >= 11 is 1.41. The minimum Gasteiger partial charge on any atom is -0.464 e. The molecule has 0 atom stereocenters. The Morgan fingerprint density at radius 3 is 2.67 bits per heavy atom. The lowest BCUT2D eigenvalue weighted by Crippen LogP contribution is -2.27. The van der Waals surface area contributed by atoms with Gasteiger partial charge >= 0.3 is 6.09 Å². The number of anilines is 1. The van der Waals surface area contributed by atoms with Gasteiger partial charge in [-0.05, 0) is 13.8 Å². The van der Waals surface area contributed by atoms with Crippen LogP contribution in [0.15, 0.2) is 0 Å². The first kappa shape index (κ1) is 8.79. The van der Waals surface area contributed by atoms with Gasteiger partial charge in [-0.25, -0.2) is 15.2 Å². The van der Waals surface area contributed by atoms with E-state index in [1.807, 2.05) is 19.3 Å². The molecule has 0 saturated carbocycles. The molecular weight excluding hydrogens is 178 g/mol. The summed E-state index contributed by atoms with van der Waals surface area (Å²) < 4.78 is 0. The van der Waals surface area contributed by atoms with Crippen molar-refractivity contribution >= 4 is 22.6 Å². The molecule has 0 aliphatic heterocycles. The highest BCUT2D eigenvalue weighted by atomic mass is 32.1. The van der Waals surface area contributed by atoms with Crippen molar-refractivity contribution < 1.29 is 9.90 Å². The Morgan fingerprint density at radius 2 is 2.25 bits per heavy atom. The zero-order valence-corrected chi connectivity index (χ0v) is 7.53. The molecule has 0 saturated heterocycles. The van der Waals surface area contributed by atoms with Crippen LogP contribution in [0.1, 0.15) is 10.6 Å². The summed E-state index contributed by atoms with van der Waals surface area (Å²) in [4.78, 5) is 15.2. The van der Waals surface area contributed by atoms with Crippen molar-refractivity contribution in [1.82, 2.24) is 10.4 Å². The number of nitrogens with zero attached hydrogens (tertiary/aromatic N) is 1. The van der Waals surface area contributed by atoms with Crippen molar-refractivity contribution in [2.75, 3.05) is 5.43 Å². The lowest BCUT2D eigenvalue weighted by molar-refractivity contribution is 0.197. The van der Waals surface area contributed by atoms with Gasteiger partial charge < -0.3 is 5.11 Å². The average Bonchev–Trinajstić information content (AvgIpc) is 2.28. The smallest absolute Gasteiger partial charge is 0.423 e. The summed E-state index contributed by atoms with van der Waals surface area (Å²) in [7, 11) is 0. The number of hydrogen-bond acceptors (Lipinski definition) is 4. The summed E-state index contributed by atoms with van der Waals surface area (Å²) in [5, 5.41) is 8.82. The maximum atomic E-state index is 10.1. The number of rotatable bonds is 2. The first-order chi connectivity index (χ1) is 5.59. The first-order valence-corrected chi connectivity index (χ1v) is 4.10. The monoisotopic (exact) mass is 187 g/mol. The van der Waals surface area contributed by atoms with E-state index in [4.69, 9.17) is 5.11 Å². The molecule has 1 amide bonds. The van der Waals surface area contributed by atoms with Crippen LogP contribution in [0.3, 0.4) is 0 Å². The van der Waals surface area contributed by atoms with Crippen molar-refractivity contribution in [3.05, 3.63) is 10.6 Å². The molecular formula is C6H9N3O2S. The molecule has 1 rings (SSSR count). The van der Waals surface area contributed by atoms with Crippen LogP contribution in [0.2, 0.25) is 0 Å². The van der Waals surface area contributed by atoms with Gasteiger partial charge in [0.15, 0.2) is 0 Å². The molecule has 0 radical (unpaired) electrons. The summed E-state index contributed by atoms with van der Waals surface area (Å²) in [6, 6.07) is 0. The number of hydrazine groups is 1. The molecule has 1 aromatic heterocycles. The van der Waals surface area contributed by atoms with Gasteiger partial charge in [0, 0.05) is 4.88 Å². The van der Waals surface area contributed by atoms with E-state index in [1.54, 1.807) is 0 Å². The molecule has 0 fully saturated rings. The Hall–Kier alpha value is -1.30. The standard InChI is InChI=1S/C6H9N3O2S/c1-3-4(2)12-5(7-3)8-9-6(10)11/h9H,1-2H3,(H,7,8)(H,10,11). The Balaban J connectivity index is 2.58. The maximum absolute atomic E-state index is 10.1. The predicted octanol–water partition coefficient (Wildman–Crippen LogP) is 1.35. The van der Waals surface area contributed by atoms with Crippen molar-refractivity contribution in [2.24, 2.45) is 0 Å². The van der Waals surface area contributed by atoms with Gasteiger partial charge in [0.2, 0.25) is 5.13 Å². The highest BCUT2D eigenvalue weighted by Crippen LogP contribution is 2.19. The molecule has 0 bridgehead atoms. The number of aromatic nitrogens is 1. The van der Waals surface area contributed by atoms with E-state index < -0.39 is 6.09 Å². The second-order valence-electron chi connectivity index (χ2n) is 2.22. The first-order valence-electron chi connectivity index (χ1n) is 3.28. The van der Waals surface area contributed by atoms with E-state index in [9.17, 15) is 4.79 Å². The van der Waals surface area contributed by atoms with Gasteiger partial charge in [-0.2, -0.15) is 0 Å². The normalized spacial score (nSPS) is 9.50. The molecule has 0 aliphatic carbocycles. The number of nitrogens with one attached hydrogen (secondary N) is 2. The second-order valence-corrected chi connectivity index (χ2v) is 3.42. The zero-order chi connectivity index (χ0) is 9.14. The van der Waals surface area contributed by atoms with E-state index in [2.05, 4.69) is 10.4 Å². The second kappa shape index (κ2) is 3.40. The van der Waals surface area contributed by atoms with Gasteiger partial charge in [-0.1, -0.05) is 0 Å². The van der Waals surface area contributed by atoms with Crippen LogP contribution in [0, 0.1) is 13.8 Å². The van der Waals surface area contributed by atoms with Crippen molar-refractivity contribution in [1.29, 1.82) is 0 Å². The van der Waals surface area contributed by atoms with E-state index in [0.717, 1.165) is 10.6 Å². The summed E-state index contributed by atoms with van der Waals surface area (Å²) in [5.41, 5.74) is 5.39. The molecule has 1 aromatic rings. The topological polar surface area (TPSA) is 74.2 Å². The van der Waals surface area contributed by atoms with E-state index in [-0.39, 0.29) is 0 Å². The number of aryl methyl sites for hydroxylation is 2. The third-order valence-electron chi connectivity index (χ3n) is 1.30. The van der Waals surface area contributed by atoms with Crippen LogP contribution in [0.4, 0.5) is 9.93 Å². The van der Waals surface area contributed by atoms with E-state index in [0.29, 0.717) is 5.13 Å². The number of carbonyl (C=O) groups is 1. The third kappa shape index (κ3) is 2.09. The van der Waals surface area contributed by atoms with Crippen LogP contribution in [0.25, 0.3) is 0 Å². The lowest BCUT2D eigenvalue weighted by Gasteiger charge is -1.98. The fourth-order valence-corrected chi connectivity index (χ4v) is 1.40.